The number of amides is 2. The predicted octanol–water partition coefficient (Wildman–Crippen LogP) is 3.44. The van der Waals surface area contributed by atoms with Crippen LogP contribution < -0.4 is 0 Å². The van der Waals surface area contributed by atoms with Gasteiger partial charge < -0.3 is 9.80 Å². The van der Waals surface area contributed by atoms with Crippen LogP contribution in [0.4, 0.5) is 4.39 Å². The lowest BCUT2D eigenvalue weighted by molar-refractivity contribution is -0.131. The first-order valence-electron chi connectivity index (χ1n) is 9.41. The van der Waals surface area contributed by atoms with E-state index in [1.54, 1.807) is 17.0 Å². The highest BCUT2D eigenvalue weighted by molar-refractivity contribution is 5.94. The van der Waals surface area contributed by atoms with E-state index in [0.717, 1.165) is 12.8 Å². The van der Waals surface area contributed by atoms with E-state index in [2.05, 4.69) is 6.07 Å². The minimum Gasteiger partial charge on any atom is -0.341 e. The molecule has 3 rings (SSSR count). The third-order valence-corrected chi connectivity index (χ3v) is 4.92. The normalized spacial score (nSPS) is 14.7. The van der Waals surface area contributed by atoms with Gasteiger partial charge >= 0.3 is 0 Å². The SMILES string of the molecule is Cc1cccc(CCC(=O)N2CCCN(C(=O)c3cccc(F)c3)CC2)c1. The average Bonchev–Trinajstić information content (AvgIpc) is 2.92. The molecule has 0 saturated carbocycles. The highest BCUT2D eigenvalue weighted by Crippen LogP contribution is 2.13. The van der Waals surface area contributed by atoms with Gasteiger partial charge in [0.2, 0.25) is 5.91 Å². The molecule has 5 heteroatoms. The van der Waals surface area contributed by atoms with Crippen molar-refractivity contribution in [3.8, 4) is 0 Å². The molecule has 2 amide bonds. The second-order valence-electron chi connectivity index (χ2n) is 7.03. The Kier molecular flexibility index (Phi) is 6.22. The van der Waals surface area contributed by atoms with Crippen LogP contribution in [0.2, 0.25) is 0 Å². The Morgan fingerprint density at radius 2 is 1.70 bits per heavy atom. The van der Waals surface area contributed by atoms with Crippen molar-refractivity contribution in [2.45, 2.75) is 26.2 Å². The molecule has 0 atom stereocenters. The summed E-state index contributed by atoms with van der Waals surface area (Å²) in [7, 11) is 0. The molecule has 27 heavy (non-hydrogen) atoms. The molecule has 1 saturated heterocycles. The average molecular weight is 368 g/mol. The first-order valence-corrected chi connectivity index (χ1v) is 9.41. The Bertz CT molecular complexity index is 821. The fourth-order valence-corrected chi connectivity index (χ4v) is 3.45. The summed E-state index contributed by atoms with van der Waals surface area (Å²) >= 11 is 0. The fourth-order valence-electron chi connectivity index (χ4n) is 3.45. The van der Waals surface area contributed by atoms with E-state index < -0.39 is 5.82 Å². The van der Waals surface area contributed by atoms with Gasteiger partial charge in [-0.1, -0.05) is 35.9 Å². The molecule has 0 radical (unpaired) electrons. The third-order valence-electron chi connectivity index (χ3n) is 4.92. The van der Waals surface area contributed by atoms with Gasteiger partial charge in [-0.15, -0.1) is 0 Å². The molecule has 0 spiro atoms. The van der Waals surface area contributed by atoms with Gasteiger partial charge in [0.15, 0.2) is 0 Å². The summed E-state index contributed by atoms with van der Waals surface area (Å²) < 4.78 is 13.4. The van der Waals surface area contributed by atoms with Crippen LogP contribution in [0.15, 0.2) is 48.5 Å². The van der Waals surface area contributed by atoms with Gasteiger partial charge in [-0.25, -0.2) is 4.39 Å². The van der Waals surface area contributed by atoms with Crippen LogP contribution in [0.25, 0.3) is 0 Å². The minimum atomic E-state index is -0.413. The standard InChI is InChI=1S/C22H25FN2O2/c1-17-5-2-6-18(15-17)9-10-21(26)24-11-4-12-25(14-13-24)22(27)19-7-3-8-20(23)16-19/h2-3,5-8,15-16H,4,9-14H2,1H3. The maximum absolute atomic E-state index is 13.4. The maximum Gasteiger partial charge on any atom is 0.254 e. The van der Waals surface area contributed by atoms with Gasteiger partial charge in [0.25, 0.3) is 5.91 Å². The number of halogens is 1. The van der Waals surface area contributed by atoms with Crippen LogP contribution in [0.5, 0.6) is 0 Å². The summed E-state index contributed by atoms with van der Waals surface area (Å²) in [4.78, 5) is 28.7. The van der Waals surface area contributed by atoms with Gasteiger partial charge in [0, 0.05) is 38.2 Å². The predicted molar refractivity (Wildman–Crippen MR) is 103 cm³/mol. The quantitative estimate of drug-likeness (QED) is 0.829. The first-order chi connectivity index (χ1) is 13.0. The molecule has 142 valence electrons. The smallest absolute Gasteiger partial charge is 0.254 e. The van der Waals surface area contributed by atoms with E-state index in [1.807, 2.05) is 30.0 Å². The first kappa shape index (κ1) is 19.1. The molecule has 1 fully saturated rings. The molecule has 0 bridgehead atoms. The summed E-state index contributed by atoms with van der Waals surface area (Å²) in [5, 5.41) is 0. The summed E-state index contributed by atoms with van der Waals surface area (Å²) in [6.07, 6.45) is 1.93. The van der Waals surface area contributed by atoms with E-state index in [9.17, 15) is 14.0 Å². The van der Waals surface area contributed by atoms with Crippen LogP contribution in [0.3, 0.4) is 0 Å². The molecule has 1 aliphatic rings. The van der Waals surface area contributed by atoms with E-state index in [4.69, 9.17) is 0 Å². The lowest BCUT2D eigenvalue weighted by atomic mass is 10.1. The molecule has 0 aliphatic carbocycles. The van der Waals surface area contributed by atoms with Crippen LogP contribution in [0, 0.1) is 12.7 Å². The zero-order chi connectivity index (χ0) is 19.2. The van der Waals surface area contributed by atoms with Gasteiger partial charge in [-0.3, -0.25) is 9.59 Å². The van der Waals surface area contributed by atoms with Crippen molar-refractivity contribution < 1.29 is 14.0 Å². The molecular formula is C22H25FN2O2. The monoisotopic (exact) mass is 368 g/mol. The van der Waals surface area contributed by atoms with Crippen LogP contribution in [-0.2, 0) is 11.2 Å². The summed E-state index contributed by atoms with van der Waals surface area (Å²) in [6, 6.07) is 14.0. The number of carbonyl (C=O) groups excluding carboxylic acids is 2. The highest BCUT2D eigenvalue weighted by Gasteiger charge is 2.22. The Hall–Kier alpha value is -2.69. The number of hydrogen-bond acceptors (Lipinski definition) is 2. The second-order valence-corrected chi connectivity index (χ2v) is 7.03. The van der Waals surface area contributed by atoms with Gasteiger partial charge in [0.1, 0.15) is 5.82 Å². The number of carbonyl (C=O) groups is 2. The second kappa shape index (κ2) is 8.80. The molecule has 4 nitrogen and oxygen atoms in total. The van der Waals surface area contributed by atoms with Crippen LogP contribution >= 0.6 is 0 Å². The lowest BCUT2D eigenvalue weighted by Gasteiger charge is -2.22. The molecule has 0 unspecified atom stereocenters. The van der Waals surface area contributed by atoms with Crippen LogP contribution in [0.1, 0.15) is 34.3 Å². The summed E-state index contributed by atoms with van der Waals surface area (Å²) in [6.45, 7) is 4.28. The highest BCUT2D eigenvalue weighted by atomic mass is 19.1. The molecule has 0 N–H and O–H groups in total. The molecule has 2 aromatic rings. The van der Waals surface area contributed by atoms with Gasteiger partial charge in [-0.05, 0) is 43.5 Å². The molecule has 1 aliphatic heterocycles. The van der Waals surface area contributed by atoms with E-state index in [-0.39, 0.29) is 11.8 Å². The van der Waals surface area contributed by atoms with Crippen molar-refractivity contribution in [3.05, 3.63) is 71.0 Å². The molecule has 1 heterocycles. The van der Waals surface area contributed by atoms with Gasteiger partial charge in [-0.2, -0.15) is 0 Å². The Morgan fingerprint density at radius 1 is 0.963 bits per heavy atom. The molecule has 0 aromatic heterocycles. The van der Waals surface area contributed by atoms with Gasteiger partial charge in [0.05, 0.1) is 0 Å². The van der Waals surface area contributed by atoms with Crippen LogP contribution in [-0.4, -0.2) is 47.8 Å². The van der Waals surface area contributed by atoms with Crippen molar-refractivity contribution in [1.29, 1.82) is 0 Å². The van der Waals surface area contributed by atoms with Crippen molar-refractivity contribution in [2.75, 3.05) is 26.2 Å². The van der Waals surface area contributed by atoms with E-state index >= 15 is 0 Å². The minimum absolute atomic E-state index is 0.122. The Morgan fingerprint density at radius 3 is 2.48 bits per heavy atom. The van der Waals surface area contributed by atoms with Crippen molar-refractivity contribution in [1.82, 2.24) is 9.80 Å². The zero-order valence-corrected chi connectivity index (χ0v) is 15.7. The lowest BCUT2D eigenvalue weighted by Crippen LogP contribution is -2.37. The molecular weight excluding hydrogens is 343 g/mol. The Balaban J connectivity index is 1.54. The number of hydrogen-bond donors (Lipinski definition) is 0. The number of benzene rings is 2. The maximum atomic E-state index is 13.4. The van der Waals surface area contributed by atoms with Crippen molar-refractivity contribution in [2.24, 2.45) is 0 Å². The largest absolute Gasteiger partial charge is 0.341 e. The van der Waals surface area contributed by atoms with Crippen molar-refractivity contribution >= 4 is 11.8 Å². The Labute approximate surface area is 159 Å². The molecule has 2 aromatic carbocycles. The number of nitrogens with zero attached hydrogens (tertiary/aromatic N) is 2. The fraction of sp³-hybridized carbons (Fsp3) is 0.364. The van der Waals surface area contributed by atoms with Crippen molar-refractivity contribution in [3.63, 3.8) is 0 Å². The summed E-state index contributed by atoms with van der Waals surface area (Å²) in [5.41, 5.74) is 2.72. The number of rotatable bonds is 4. The zero-order valence-electron chi connectivity index (χ0n) is 15.7. The van der Waals surface area contributed by atoms with E-state index in [0.29, 0.717) is 38.2 Å². The van der Waals surface area contributed by atoms with E-state index in [1.165, 1.54) is 23.3 Å². The number of aryl methyl sites for hydroxylation is 2. The topological polar surface area (TPSA) is 40.6 Å². The summed E-state index contributed by atoms with van der Waals surface area (Å²) in [5.74, 6) is -0.469. The third kappa shape index (κ3) is 5.16.